The van der Waals surface area contributed by atoms with Gasteiger partial charge in [0.25, 0.3) is 5.76 Å². The van der Waals surface area contributed by atoms with E-state index in [0.29, 0.717) is 11.5 Å². The summed E-state index contributed by atoms with van der Waals surface area (Å²) in [6.45, 7) is 5.71. The zero-order chi connectivity index (χ0) is 7.72. The molecule has 0 amide bonds. The SMILES string of the molecule is Cc1oc(=[OH+])oc1C(C)C. The Morgan fingerprint density at radius 2 is 1.90 bits per heavy atom. The van der Waals surface area contributed by atoms with Gasteiger partial charge in [-0.15, -0.1) is 0 Å². The topological polar surface area (TPSA) is 47.7 Å². The van der Waals surface area contributed by atoms with Crippen LogP contribution >= 0.6 is 0 Å². The number of aryl methyl sites for hydroxylation is 1. The van der Waals surface area contributed by atoms with E-state index in [4.69, 9.17) is 13.6 Å². The van der Waals surface area contributed by atoms with E-state index in [1.165, 1.54) is 0 Å². The Labute approximate surface area is 58.7 Å². The fourth-order valence-corrected chi connectivity index (χ4v) is 0.892. The van der Waals surface area contributed by atoms with Crippen molar-refractivity contribution in [3.63, 3.8) is 0 Å². The van der Waals surface area contributed by atoms with Crippen molar-refractivity contribution in [2.24, 2.45) is 0 Å². The molecule has 1 rings (SSSR count). The first-order valence-corrected chi connectivity index (χ1v) is 3.23. The summed E-state index contributed by atoms with van der Waals surface area (Å²) in [5.41, 5.74) is 0. The lowest BCUT2D eigenvalue weighted by Gasteiger charge is -1.90. The molecule has 0 spiro atoms. The summed E-state index contributed by atoms with van der Waals surface area (Å²) < 4.78 is 9.63. The van der Waals surface area contributed by atoms with Crippen molar-refractivity contribution in [2.75, 3.05) is 0 Å². The van der Waals surface area contributed by atoms with Crippen LogP contribution in [0, 0.1) is 6.92 Å². The summed E-state index contributed by atoms with van der Waals surface area (Å²) in [7, 11) is 0. The molecule has 1 aromatic rings. The maximum atomic E-state index is 8.75. The first kappa shape index (κ1) is 7.12. The van der Waals surface area contributed by atoms with Crippen LogP contribution in [-0.4, -0.2) is 4.79 Å². The van der Waals surface area contributed by atoms with Gasteiger partial charge in [-0.1, -0.05) is 13.8 Å². The van der Waals surface area contributed by atoms with Crippen LogP contribution in [0.1, 0.15) is 31.3 Å². The van der Waals surface area contributed by atoms with Crippen LogP contribution in [-0.2, 0) is 0 Å². The lowest BCUT2D eigenvalue weighted by molar-refractivity contribution is 0.239. The Balaban J connectivity index is 3.15. The van der Waals surface area contributed by atoms with Gasteiger partial charge in [0, 0.05) is 12.8 Å². The lowest BCUT2D eigenvalue weighted by atomic mass is 10.1. The quantitative estimate of drug-likeness (QED) is 0.556. The van der Waals surface area contributed by atoms with Crippen LogP contribution in [0.15, 0.2) is 8.83 Å². The van der Waals surface area contributed by atoms with E-state index in [1.54, 1.807) is 6.92 Å². The highest BCUT2D eigenvalue weighted by atomic mass is 16.6. The molecular formula is C7H11O3+. The molecule has 1 N–H and O–H groups in total. The fourth-order valence-electron chi connectivity index (χ4n) is 0.892. The predicted molar refractivity (Wildman–Crippen MR) is 34.9 cm³/mol. The van der Waals surface area contributed by atoms with Gasteiger partial charge >= 0.3 is 5.82 Å². The standard InChI is InChI=1S/C7H10O3/c1-4(2)6-5(3)9-7(8)10-6/h4H,1-3H3/p+1. The van der Waals surface area contributed by atoms with E-state index in [2.05, 4.69) is 0 Å². The average Bonchev–Trinajstić information content (AvgIpc) is 2.10. The van der Waals surface area contributed by atoms with Gasteiger partial charge in [0.1, 0.15) is 0 Å². The van der Waals surface area contributed by atoms with Gasteiger partial charge in [-0.3, -0.25) is 8.83 Å². The van der Waals surface area contributed by atoms with E-state index in [9.17, 15) is 0 Å². The van der Waals surface area contributed by atoms with E-state index in [0.717, 1.165) is 0 Å². The molecule has 10 heavy (non-hydrogen) atoms. The lowest BCUT2D eigenvalue weighted by Crippen LogP contribution is -1.91. The van der Waals surface area contributed by atoms with E-state index >= 15 is 0 Å². The molecule has 3 nitrogen and oxygen atoms in total. The van der Waals surface area contributed by atoms with Gasteiger partial charge in [0.05, 0.1) is 0 Å². The van der Waals surface area contributed by atoms with Gasteiger partial charge in [-0.25, -0.2) is 0 Å². The van der Waals surface area contributed by atoms with Gasteiger partial charge in [-0.05, 0) is 0 Å². The molecule has 1 heterocycles. The Kier molecular flexibility index (Phi) is 1.66. The second-order valence-corrected chi connectivity index (χ2v) is 2.55. The zero-order valence-electron chi connectivity index (χ0n) is 6.34. The third kappa shape index (κ3) is 1.12. The Morgan fingerprint density at radius 1 is 1.30 bits per heavy atom. The summed E-state index contributed by atoms with van der Waals surface area (Å²) >= 11 is 0. The predicted octanol–water partition coefficient (Wildman–Crippen LogP) is 1.31. The molecule has 0 radical (unpaired) electrons. The molecule has 56 valence electrons. The minimum atomic E-state index is -0.360. The van der Waals surface area contributed by atoms with Gasteiger partial charge in [-0.2, -0.15) is 0 Å². The van der Waals surface area contributed by atoms with Crippen LogP contribution in [0.25, 0.3) is 0 Å². The van der Waals surface area contributed by atoms with E-state index < -0.39 is 0 Å². The van der Waals surface area contributed by atoms with Crippen molar-refractivity contribution >= 4 is 0 Å². The van der Waals surface area contributed by atoms with Gasteiger partial charge in [0.2, 0.25) is 5.76 Å². The van der Waals surface area contributed by atoms with Crippen LogP contribution in [0.2, 0.25) is 0 Å². The smallest absolute Gasteiger partial charge is 0.336 e. The molecule has 0 saturated carbocycles. The van der Waals surface area contributed by atoms with Crippen molar-refractivity contribution in [2.45, 2.75) is 26.7 Å². The second-order valence-electron chi connectivity index (χ2n) is 2.55. The van der Waals surface area contributed by atoms with Crippen molar-refractivity contribution < 1.29 is 13.6 Å². The van der Waals surface area contributed by atoms with Crippen LogP contribution in [0.5, 0.6) is 0 Å². The van der Waals surface area contributed by atoms with Crippen LogP contribution < -0.4 is 5.82 Å². The highest BCUT2D eigenvalue weighted by molar-refractivity contribution is 5.04. The molecule has 0 saturated heterocycles. The molecule has 3 heteroatoms. The maximum absolute atomic E-state index is 8.75. The molecule has 0 unspecified atom stereocenters. The summed E-state index contributed by atoms with van der Waals surface area (Å²) in [6.07, 6.45) is 0. The highest BCUT2D eigenvalue weighted by Crippen LogP contribution is 2.16. The van der Waals surface area contributed by atoms with Gasteiger partial charge in [0.15, 0.2) is 0 Å². The highest BCUT2D eigenvalue weighted by Gasteiger charge is 2.19. The normalized spacial score (nSPS) is 10.8. The van der Waals surface area contributed by atoms with Crippen LogP contribution in [0.4, 0.5) is 0 Å². The Bertz CT molecular complexity index is 267. The Hall–Kier alpha value is -0.990. The van der Waals surface area contributed by atoms with Gasteiger partial charge < -0.3 is 4.79 Å². The zero-order valence-corrected chi connectivity index (χ0v) is 6.34. The minimum Gasteiger partial charge on any atom is -0.336 e. The van der Waals surface area contributed by atoms with Crippen LogP contribution in [0.3, 0.4) is 0 Å². The van der Waals surface area contributed by atoms with Crippen molar-refractivity contribution in [1.29, 1.82) is 0 Å². The fraction of sp³-hybridized carbons (Fsp3) is 0.571. The van der Waals surface area contributed by atoms with Crippen molar-refractivity contribution in [3.8, 4) is 0 Å². The average molecular weight is 143 g/mol. The summed E-state index contributed by atoms with van der Waals surface area (Å²) in [4.78, 5) is 8.75. The first-order valence-electron chi connectivity index (χ1n) is 3.23. The summed E-state index contributed by atoms with van der Waals surface area (Å²) in [6, 6.07) is 0. The molecule has 0 aliphatic rings. The Morgan fingerprint density at radius 3 is 2.10 bits per heavy atom. The number of rotatable bonds is 1. The van der Waals surface area contributed by atoms with Crippen molar-refractivity contribution in [1.82, 2.24) is 0 Å². The first-order chi connectivity index (χ1) is 4.61. The molecule has 0 fully saturated rings. The largest absolute Gasteiger partial charge is 0.724 e. The number of hydrogen-bond donors (Lipinski definition) is 0. The third-order valence-corrected chi connectivity index (χ3v) is 1.31. The van der Waals surface area contributed by atoms with E-state index in [-0.39, 0.29) is 11.7 Å². The molecule has 0 aromatic carbocycles. The monoisotopic (exact) mass is 143 g/mol. The molecule has 0 bridgehead atoms. The number of hydrogen-bond acceptors (Lipinski definition) is 2. The molecule has 0 aliphatic heterocycles. The molecular weight excluding hydrogens is 132 g/mol. The third-order valence-electron chi connectivity index (χ3n) is 1.31. The summed E-state index contributed by atoms with van der Waals surface area (Å²) in [5.74, 6) is 1.25. The second kappa shape index (κ2) is 2.33. The molecule has 0 aliphatic carbocycles. The van der Waals surface area contributed by atoms with Crippen molar-refractivity contribution in [3.05, 3.63) is 17.3 Å². The summed E-state index contributed by atoms with van der Waals surface area (Å²) in [5, 5.41) is 0. The maximum Gasteiger partial charge on any atom is 0.724 e. The molecule has 1 aromatic heterocycles. The molecule has 0 atom stereocenters. The van der Waals surface area contributed by atoms with E-state index in [1.807, 2.05) is 13.8 Å². The minimum absolute atomic E-state index is 0.254.